The first-order valence-electron chi connectivity index (χ1n) is 12.8. The number of hydrogen-bond donors (Lipinski definition) is 0. The lowest BCUT2D eigenvalue weighted by Gasteiger charge is -2.22. The van der Waals surface area contributed by atoms with Crippen molar-refractivity contribution >= 4 is 35.8 Å². The summed E-state index contributed by atoms with van der Waals surface area (Å²) in [7, 11) is 0. The lowest BCUT2D eigenvalue weighted by molar-refractivity contribution is -0.134. The van der Waals surface area contributed by atoms with Crippen molar-refractivity contribution in [2.24, 2.45) is 0 Å². The van der Waals surface area contributed by atoms with Crippen molar-refractivity contribution in [1.82, 2.24) is 0 Å². The van der Waals surface area contributed by atoms with Crippen molar-refractivity contribution in [2.75, 3.05) is 0 Å². The maximum Gasteiger partial charge on any atom is 0.308 e. The fourth-order valence-corrected chi connectivity index (χ4v) is 4.11. The molecule has 3 rings (SSSR count). The van der Waals surface area contributed by atoms with Crippen molar-refractivity contribution < 1.29 is 57.2 Å². The number of esters is 6. The number of rotatable bonds is 9. The van der Waals surface area contributed by atoms with Gasteiger partial charge in [-0.05, 0) is 53.1 Å². The number of hydrogen-bond acceptors (Lipinski definition) is 12. The third-order valence-corrected chi connectivity index (χ3v) is 5.43. The van der Waals surface area contributed by atoms with E-state index in [4.69, 9.17) is 28.4 Å². The molecular weight excluding hydrogens is 564 g/mol. The Morgan fingerprint density at radius 2 is 0.581 bits per heavy atom. The molecule has 0 atom stereocenters. The molecule has 0 fully saturated rings. The van der Waals surface area contributed by atoms with Crippen molar-refractivity contribution in [3.05, 3.63) is 71.3 Å². The van der Waals surface area contributed by atoms with Gasteiger partial charge in [0, 0.05) is 47.5 Å². The summed E-state index contributed by atoms with van der Waals surface area (Å²) in [6.07, 6.45) is 0. The molecule has 0 saturated heterocycles. The molecule has 0 saturated carbocycles. The molecular formula is C31H28O12. The highest BCUT2D eigenvalue weighted by molar-refractivity contribution is 5.76. The molecule has 224 valence electrons. The monoisotopic (exact) mass is 592 g/mol. The summed E-state index contributed by atoms with van der Waals surface area (Å²) >= 11 is 0. The predicted octanol–water partition coefficient (Wildman–Crippen LogP) is 4.42. The molecule has 0 aromatic heterocycles. The van der Waals surface area contributed by atoms with Crippen LogP contribution in [0.3, 0.4) is 0 Å². The van der Waals surface area contributed by atoms with Crippen molar-refractivity contribution in [1.29, 1.82) is 0 Å². The second-order valence-electron chi connectivity index (χ2n) is 9.11. The molecule has 43 heavy (non-hydrogen) atoms. The van der Waals surface area contributed by atoms with Crippen LogP contribution in [0.5, 0.6) is 34.5 Å². The summed E-state index contributed by atoms with van der Waals surface area (Å²) in [4.78, 5) is 70.6. The van der Waals surface area contributed by atoms with Gasteiger partial charge in [0.2, 0.25) is 0 Å². The van der Waals surface area contributed by atoms with Crippen molar-refractivity contribution in [3.63, 3.8) is 0 Å². The van der Waals surface area contributed by atoms with Gasteiger partial charge in [0.15, 0.2) is 34.5 Å². The summed E-state index contributed by atoms with van der Waals surface area (Å²) in [6, 6.07) is 13.5. The molecule has 0 aliphatic rings. The zero-order chi connectivity index (χ0) is 31.8. The molecule has 0 aliphatic carbocycles. The molecule has 3 aromatic rings. The Labute approximate surface area is 246 Å². The molecule has 0 spiro atoms. The van der Waals surface area contributed by atoms with E-state index < -0.39 is 41.7 Å². The van der Waals surface area contributed by atoms with Crippen LogP contribution in [0.25, 0.3) is 0 Å². The van der Waals surface area contributed by atoms with Gasteiger partial charge in [0.05, 0.1) is 0 Å². The Hall–Kier alpha value is -5.52. The van der Waals surface area contributed by atoms with E-state index in [1.54, 1.807) is 18.2 Å². The van der Waals surface area contributed by atoms with Gasteiger partial charge in [-0.15, -0.1) is 0 Å². The third kappa shape index (κ3) is 8.98. The summed E-state index contributed by atoms with van der Waals surface area (Å²) in [5, 5.41) is 0. The quantitative estimate of drug-likeness (QED) is 0.196. The zero-order valence-corrected chi connectivity index (χ0v) is 24.2. The number of benzene rings is 3. The highest BCUT2D eigenvalue weighted by Gasteiger charge is 2.25. The van der Waals surface area contributed by atoms with E-state index in [1.807, 2.05) is 0 Å². The molecule has 12 heteroatoms. The highest BCUT2D eigenvalue weighted by Crippen LogP contribution is 2.42. The molecule has 0 bridgehead atoms. The average Bonchev–Trinajstić information content (AvgIpc) is 2.87. The van der Waals surface area contributed by atoms with Crippen LogP contribution >= 0.6 is 0 Å². The first-order valence-corrected chi connectivity index (χ1v) is 12.8. The van der Waals surface area contributed by atoms with E-state index >= 15 is 0 Å². The Balaban J connectivity index is 2.32. The second-order valence-corrected chi connectivity index (χ2v) is 9.11. The van der Waals surface area contributed by atoms with Gasteiger partial charge < -0.3 is 28.4 Å². The molecule has 0 unspecified atom stereocenters. The largest absolute Gasteiger partial charge is 0.423 e. The maximum atomic E-state index is 11.9. The molecule has 0 aliphatic heterocycles. The third-order valence-electron chi connectivity index (χ3n) is 5.43. The molecule has 3 aromatic carbocycles. The minimum Gasteiger partial charge on any atom is -0.423 e. The van der Waals surface area contributed by atoms with E-state index in [0.29, 0.717) is 16.7 Å². The van der Waals surface area contributed by atoms with Crippen LogP contribution < -0.4 is 28.4 Å². The number of carbonyl (C=O) groups is 6. The van der Waals surface area contributed by atoms with Crippen LogP contribution in [-0.2, 0) is 28.8 Å². The Kier molecular flexibility index (Phi) is 10.3. The van der Waals surface area contributed by atoms with Crippen LogP contribution in [0, 0.1) is 0 Å². The molecule has 0 radical (unpaired) electrons. The minimum absolute atomic E-state index is 0.0122. The van der Waals surface area contributed by atoms with E-state index in [9.17, 15) is 28.8 Å². The topological polar surface area (TPSA) is 158 Å². The fourth-order valence-electron chi connectivity index (χ4n) is 4.11. The molecule has 0 heterocycles. The maximum absolute atomic E-state index is 11.9. The minimum atomic E-state index is -0.762. The Morgan fingerprint density at radius 1 is 0.372 bits per heavy atom. The highest BCUT2D eigenvalue weighted by atomic mass is 16.6. The normalized spacial score (nSPS) is 10.4. The number of ether oxygens (including phenoxy) is 6. The van der Waals surface area contributed by atoms with E-state index in [2.05, 4.69) is 0 Å². The molecule has 12 nitrogen and oxygen atoms in total. The molecule has 0 amide bonds. The Bertz CT molecular complexity index is 1420. The van der Waals surface area contributed by atoms with Gasteiger partial charge in [-0.2, -0.15) is 0 Å². The lowest BCUT2D eigenvalue weighted by Crippen LogP contribution is -2.12. The van der Waals surface area contributed by atoms with Crippen LogP contribution in [0.1, 0.15) is 64.2 Å². The standard InChI is InChI=1S/C31H28O12/c1-16(32)38-25-10-7-22(13-28(25)41-19(4)35)31(23-8-11-26(39-17(2)33)29(14-23)42-20(5)36)24-9-12-27(40-18(3)34)30(15-24)43-21(6)37/h7-15,31H,1-6H3. The second kappa shape index (κ2) is 13.9. The van der Waals surface area contributed by atoms with E-state index in [-0.39, 0.29) is 34.5 Å². The summed E-state index contributed by atoms with van der Waals surface area (Å²) < 4.78 is 31.5. The van der Waals surface area contributed by atoms with Gasteiger partial charge >= 0.3 is 35.8 Å². The SMILES string of the molecule is CC(=O)Oc1ccc(C(c2ccc(OC(C)=O)c(OC(C)=O)c2)c2ccc(OC(C)=O)c(OC(C)=O)c2)cc1OC(C)=O. The van der Waals surface area contributed by atoms with Gasteiger partial charge in [0.1, 0.15) is 0 Å². The van der Waals surface area contributed by atoms with Crippen LogP contribution in [0.2, 0.25) is 0 Å². The lowest BCUT2D eigenvalue weighted by atomic mass is 9.84. The van der Waals surface area contributed by atoms with Gasteiger partial charge in [-0.1, -0.05) is 18.2 Å². The van der Waals surface area contributed by atoms with Gasteiger partial charge in [-0.25, -0.2) is 0 Å². The van der Waals surface area contributed by atoms with Crippen LogP contribution in [-0.4, -0.2) is 35.8 Å². The molecule has 0 N–H and O–H groups in total. The van der Waals surface area contributed by atoms with Crippen molar-refractivity contribution in [3.8, 4) is 34.5 Å². The zero-order valence-electron chi connectivity index (χ0n) is 24.2. The predicted molar refractivity (Wildman–Crippen MR) is 148 cm³/mol. The first-order chi connectivity index (χ1) is 20.2. The van der Waals surface area contributed by atoms with Crippen molar-refractivity contribution in [2.45, 2.75) is 47.5 Å². The smallest absolute Gasteiger partial charge is 0.308 e. The summed E-state index contributed by atoms with van der Waals surface area (Å²) in [5.41, 5.74) is 1.44. The average molecular weight is 593 g/mol. The number of carbonyl (C=O) groups excluding carboxylic acids is 6. The van der Waals surface area contributed by atoms with Crippen LogP contribution in [0.15, 0.2) is 54.6 Å². The summed E-state index contributed by atoms with van der Waals surface area (Å²) in [6.45, 7) is 7.12. The Morgan fingerprint density at radius 3 is 0.791 bits per heavy atom. The first kappa shape index (κ1) is 32.0. The van der Waals surface area contributed by atoms with Gasteiger partial charge in [0.25, 0.3) is 0 Å². The van der Waals surface area contributed by atoms with E-state index in [0.717, 1.165) is 0 Å². The van der Waals surface area contributed by atoms with E-state index in [1.165, 1.54) is 77.9 Å². The summed E-state index contributed by atoms with van der Waals surface area (Å²) in [5.74, 6) is -4.91. The van der Waals surface area contributed by atoms with Gasteiger partial charge in [-0.3, -0.25) is 28.8 Å². The van der Waals surface area contributed by atoms with Crippen LogP contribution in [0.4, 0.5) is 0 Å². The fraction of sp³-hybridized carbons (Fsp3) is 0.226.